The molecule has 0 fully saturated rings. The third-order valence-electron chi connectivity index (χ3n) is 2.29. The van der Waals surface area contributed by atoms with E-state index in [1.807, 2.05) is 25.1 Å². The van der Waals surface area contributed by atoms with Gasteiger partial charge in [-0.3, -0.25) is 0 Å². The minimum atomic E-state index is 0.585. The van der Waals surface area contributed by atoms with Gasteiger partial charge in [0, 0.05) is 6.42 Å². The maximum absolute atomic E-state index is 6.15. The van der Waals surface area contributed by atoms with Gasteiger partial charge in [-0.2, -0.15) is 4.40 Å². The van der Waals surface area contributed by atoms with Gasteiger partial charge in [-0.05, 0) is 12.5 Å². The minimum absolute atomic E-state index is 0.585. The van der Waals surface area contributed by atoms with E-state index < -0.39 is 0 Å². The highest BCUT2D eigenvalue weighted by molar-refractivity contribution is 7.96. The predicted molar refractivity (Wildman–Crippen MR) is 72.8 cm³/mol. The van der Waals surface area contributed by atoms with Crippen molar-refractivity contribution in [2.45, 2.75) is 13.3 Å². The fraction of sp³-hybridized carbons (Fsp3) is 0.250. The molecule has 3 nitrogen and oxygen atoms in total. The van der Waals surface area contributed by atoms with E-state index in [1.54, 1.807) is 0 Å². The molecule has 0 bridgehead atoms. The molecule has 0 aliphatic carbocycles. The lowest BCUT2D eigenvalue weighted by atomic mass is 10.1. The Labute approximate surface area is 110 Å². The van der Waals surface area contributed by atoms with E-state index in [9.17, 15) is 0 Å². The number of rotatable bonds is 3. The SMILES string of the molecule is CCOC1=NSNC(Cl)=C1Cc1ccccc1. The summed E-state index contributed by atoms with van der Waals surface area (Å²) in [6.07, 6.45) is 0.714. The standard InChI is InChI=1S/C12H13ClN2OS/c1-2-16-12-10(11(13)14-17-15-12)8-9-6-4-3-5-7-9/h3-7,14H,2,8H2,1H3. The van der Waals surface area contributed by atoms with Crippen LogP contribution >= 0.6 is 23.7 Å². The molecule has 1 heterocycles. The van der Waals surface area contributed by atoms with E-state index in [1.165, 1.54) is 17.7 Å². The number of halogens is 1. The molecule has 90 valence electrons. The van der Waals surface area contributed by atoms with Crippen molar-refractivity contribution in [3.63, 3.8) is 0 Å². The quantitative estimate of drug-likeness (QED) is 0.675. The molecule has 0 unspecified atom stereocenters. The van der Waals surface area contributed by atoms with Crippen molar-refractivity contribution < 1.29 is 4.74 Å². The van der Waals surface area contributed by atoms with Crippen molar-refractivity contribution in [1.29, 1.82) is 0 Å². The molecule has 1 aromatic carbocycles. The van der Waals surface area contributed by atoms with Crippen molar-refractivity contribution >= 4 is 29.6 Å². The molecule has 0 spiro atoms. The van der Waals surface area contributed by atoms with Gasteiger partial charge >= 0.3 is 0 Å². The van der Waals surface area contributed by atoms with Crippen LogP contribution in [0.2, 0.25) is 0 Å². The summed E-state index contributed by atoms with van der Waals surface area (Å²) < 4.78 is 12.6. The van der Waals surface area contributed by atoms with Crippen molar-refractivity contribution in [1.82, 2.24) is 4.72 Å². The lowest BCUT2D eigenvalue weighted by molar-refractivity contribution is 0.327. The van der Waals surface area contributed by atoms with Crippen LogP contribution < -0.4 is 4.72 Å². The highest BCUT2D eigenvalue weighted by Crippen LogP contribution is 2.23. The molecule has 1 aromatic rings. The summed E-state index contributed by atoms with van der Waals surface area (Å²) in [7, 11) is 0. The first-order valence-corrected chi connectivity index (χ1v) is 6.52. The first-order valence-electron chi connectivity index (χ1n) is 5.37. The number of ether oxygens (including phenoxy) is 1. The van der Waals surface area contributed by atoms with Gasteiger partial charge in [-0.15, -0.1) is 0 Å². The summed E-state index contributed by atoms with van der Waals surface area (Å²) >= 11 is 7.34. The Hall–Kier alpha value is -1.13. The van der Waals surface area contributed by atoms with Crippen molar-refractivity contribution in [2.75, 3.05) is 6.61 Å². The van der Waals surface area contributed by atoms with Gasteiger partial charge in [0.2, 0.25) is 5.90 Å². The van der Waals surface area contributed by atoms with Crippen LogP contribution in [0.4, 0.5) is 0 Å². The van der Waals surface area contributed by atoms with Crippen LogP contribution in [0.5, 0.6) is 0 Å². The minimum Gasteiger partial charge on any atom is -0.477 e. The van der Waals surface area contributed by atoms with Gasteiger partial charge in [-0.25, -0.2) is 0 Å². The fourth-order valence-electron chi connectivity index (χ4n) is 1.52. The monoisotopic (exact) mass is 268 g/mol. The highest BCUT2D eigenvalue weighted by atomic mass is 35.5. The summed E-state index contributed by atoms with van der Waals surface area (Å²) in [6, 6.07) is 10.1. The average molecular weight is 269 g/mol. The van der Waals surface area contributed by atoms with Gasteiger partial charge < -0.3 is 9.46 Å². The zero-order valence-electron chi connectivity index (χ0n) is 9.44. The normalized spacial score (nSPS) is 15.3. The Kier molecular flexibility index (Phi) is 4.34. The van der Waals surface area contributed by atoms with Gasteiger partial charge in [0.15, 0.2) is 0 Å². The number of hydrogen-bond donors (Lipinski definition) is 1. The Morgan fingerprint density at radius 2 is 2.12 bits per heavy atom. The Morgan fingerprint density at radius 3 is 2.82 bits per heavy atom. The summed E-state index contributed by atoms with van der Waals surface area (Å²) in [5.41, 5.74) is 2.08. The first-order chi connectivity index (χ1) is 8.31. The number of benzene rings is 1. The molecule has 1 aliphatic rings. The zero-order valence-corrected chi connectivity index (χ0v) is 11.0. The van der Waals surface area contributed by atoms with Crippen molar-refractivity contribution in [3.05, 3.63) is 46.6 Å². The van der Waals surface area contributed by atoms with Crippen LogP contribution in [-0.4, -0.2) is 12.5 Å². The third kappa shape index (κ3) is 3.17. The molecule has 0 amide bonds. The van der Waals surface area contributed by atoms with Crippen LogP contribution in [0, 0.1) is 0 Å². The second-order valence-electron chi connectivity index (χ2n) is 3.48. The largest absolute Gasteiger partial charge is 0.477 e. The molecule has 1 aliphatic heterocycles. The Morgan fingerprint density at radius 1 is 1.35 bits per heavy atom. The molecule has 1 N–H and O–H groups in total. The van der Waals surface area contributed by atoms with Gasteiger partial charge in [0.25, 0.3) is 0 Å². The molecule has 17 heavy (non-hydrogen) atoms. The zero-order chi connectivity index (χ0) is 12.1. The molecule has 0 atom stereocenters. The fourth-order valence-corrected chi connectivity index (χ4v) is 2.26. The molecule has 0 saturated carbocycles. The van der Waals surface area contributed by atoms with Crippen LogP contribution in [0.3, 0.4) is 0 Å². The molecular weight excluding hydrogens is 256 g/mol. The van der Waals surface area contributed by atoms with Crippen LogP contribution in [0.25, 0.3) is 0 Å². The number of nitrogens with one attached hydrogen (secondary N) is 1. The summed E-state index contributed by atoms with van der Waals surface area (Å²) in [6.45, 7) is 2.52. The second kappa shape index (κ2) is 5.98. The van der Waals surface area contributed by atoms with Gasteiger partial charge in [0.05, 0.1) is 24.3 Å². The molecule has 0 saturated heterocycles. The number of nitrogens with zero attached hydrogens (tertiary/aromatic N) is 1. The third-order valence-corrected chi connectivity index (χ3v) is 3.28. The van der Waals surface area contributed by atoms with Gasteiger partial charge in [0.1, 0.15) is 5.16 Å². The van der Waals surface area contributed by atoms with Crippen LogP contribution in [0.1, 0.15) is 12.5 Å². The smallest absolute Gasteiger partial charge is 0.228 e. The lowest BCUT2D eigenvalue weighted by Gasteiger charge is -2.17. The van der Waals surface area contributed by atoms with Gasteiger partial charge in [-0.1, -0.05) is 41.9 Å². The van der Waals surface area contributed by atoms with Crippen molar-refractivity contribution in [2.24, 2.45) is 4.40 Å². The molecule has 2 rings (SSSR count). The molecule has 0 aromatic heterocycles. The maximum Gasteiger partial charge on any atom is 0.228 e. The number of hydrogen-bond acceptors (Lipinski definition) is 4. The molecular formula is C12H13ClN2OS. The van der Waals surface area contributed by atoms with Crippen LogP contribution in [-0.2, 0) is 11.2 Å². The molecule has 5 heteroatoms. The van der Waals surface area contributed by atoms with E-state index in [-0.39, 0.29) is 0 Å². The topological polar surface area (TPSA) is 33.6 Å². The van der Waals surface area contributed by atoms with E-state index in [0.29, 0.717) is 24.1 Å². The van der Waals surface area contributed by atoms with E-state index in [4.69, 9.17) is 16.3 Å². The van der Waals surface area contributed by atoms with E-state index >= 15 is 0 Å². The van der Waals surface area contributed by atoms with Crippen LogP contribution in [0.15, 0.2) is 45.5 Å². The first kappa shape index (κ1) is 12.3. The summed E-state index contributed by atoms with van der Waals surface area (Å²) in [5.74, 6) is 0.616. The lowest BCUT2D eigenvalue weighted by Crippen LogP contribution is -2.19. The van der Waals surface area contributed by atoms with E-state index in [2.05, 4.69) is 21.3 Å². The Bertz CT molecular complexity index is 445. The highest BCUT2D eigenvalue weighted by Gasteiger charge is 2.18. The summed E-state index contributed by atoms with van der Waals surface area (Å²) in [5, 5.41) is 0.595. The Balaban J connectivity index is 2.19. The molecule has 0 radical (unpaired) electrons. The second-order valence-corrected chi connectivity index (χ2v) is 4.42. The predicted octanol–water partition coefficient (Wildman–Crippen LogP) is 3.28. The average Bonchev–Trinajstić information content (AvgIpc) is 2.35. The van der Waals surface area contributed by atoms with E-state index in [0.717, 1.165) is 5.57 Å². The maximum atomic E-state index is 6.15. The summed E-state index contributed by atoms with van der Waals surface area (Å²) in [4.78, 5) is 0. The van der Waals surface area contributed by atoms with Crippen molar-refractivity contribution in [3.8, 4) is 0 Å².